The molecule has 3 rings (SSSR count). The van der Waals surface area contributed by atoms with Crippen LogP contribution in [0.2, 0.25) is 0 Å². The molecule has 0 radical (unpaired) electrons. The Labute approximate surface area is 109 Å². The van der Waals surface area contributed by atoms with Gasteiger partial charge in [0.15, 0.2) is 0 Å². The maximum Gasteiger partial charge on any atom is 0.0110 e. The van der Waals surface area contributed by atoms with Gasteiger partial charge in [-0.3, -0.25) is 0 Å². The molecule has 2 aromatic rings. The summed E-state index contributed by atoms with van der Waals surface area (Å²) < 4.78 is 0. The first-order chi connectivity index (χ1) is 8.83. The van der Waals surface area contributed by atoms with Crippen LogP contribution in [0, 0.1) is 0 Å². The summed E-state index contributed by atoms with van der Waals surface area (Å²) in [6, 6.07) is 16.7. The molecule has 1 heteroatoms. The molecule has 2 atom stereocenters. The molecule has 0 aliphatic carbocycles. The molecular weight excluding hydrogens is 218 g/mol. The second-order valence-corrected chi connectivity index (χ2v) is 5.54. The maximum absolute atomic E-state index is 3.73. The van der Waals surface area contributed by atoms with Crippen LogP contribution >= 0.6 is 0 Å². The Kier molecular flexibility index (Phi) is 3.33. The number of fused-ring (bicyclic) bond motifs is 1. The van der Waals surface area contributed by atoms with Crippen LogP contribution in [0.15, 0.2) is 42.5 Å². The first-order valence-corrected chi connectivity index (χ1v) is 7.05. The minimum absolute atomic E-state index is 0.652. The molecule has 2 aromatic carbocycles. The van der Waals surface area contributed by atoms with Crippen LogP contribution in [0.25, 0.3) is 10.8 Å². The second kappa shape index (κ2) is 5.11. The maximum atomic E-state index is 3.73. The summed E-state index contributed by atoms with van der Waals surface area (Å²) in [7, 11) is 0. The highest BCUT2D eigenvalue weighted by atomic mass is 15.0. The van der Waals surface area contributed by atoms with E-state index in [0.717, 1.165) is 6.42 Å². The summed E-state index contributed by atoms with van der Waals surface area (Å²) in [6.07, 6.45) is 5.16. The predicted molar refractivity (Wildman–Crippen MR) is 77.9 cm³/mol. The summed E-state index contributed by atoms with van der Waals surface area (Å²) in [5.74, 6) is 0. The van der Waals surface area contributed by atoms with E-state index in [1.54, 1.807) is 0 Å². The minimum atomic E-state index is 0.652. The van der Waals surface area contributed by atoms with Crippen LogP contribution in [-0.2, 0) is 6.42 Å². The van der Waals surface area contributed by atoms with Crippen molar-refractivity contribution < 1.29 is 0 Å². The van der Waals surface area contributed by atoms with E-state index in [1.807, 2.05) is 0 Å². The van der Waals surface area contributed by atoms with Gasteiger partial charge in [0.2, 0.25) is 0 Å². The molecule has 2 unspecified atom stereocenters. The van der Waals surface area contributed by atoms with Crippen molar-refractivity contribution in [2.24, 2.45) is 0 Å². The van der Waals surface area contributed by atoms with Crippen LogP contribution in [0.4, 0.5) is 0 Å². The standard InChI is InChI=1S/C17H21N/c1-13-6-4-10-16(18-13)12-15-9-5-8-14-7-2-3-11-17(14)15/h2-3,5,7-9,11,13,16,18H,4,6,10,12H2,1H3. The lowest BCUT2D eigenvalue weighted by Gasteiger charge is -2.29. The molecule has 1 N–H and O–H groups in total. The molecular formula is C17H21N. The molecule has 1 heterocycles. The van der Waals surface area contributed by atoms with Gasteiger partial charge in [-0.25, -0.2) is 0 Å². The van der Waals surface area contributed by atoms with Crippen molar-refractivity contribution in [3.05, 3.63) is 48.0 Å². The number of hydrogen-bond donors (Lipinski definition) is 1. The van der Waals surface area contributed by atoms with Gasteiger partial charge in [0, 0.05) is 12.1 Å². The largest absolute Gasteiger partial charge is 0.311 e. The number of benzene rings is 2. The Morgan fingerprint density at radius 1 is 1.06 bits per heavy atom. The lowest BCUT2D eigenvalue weighted by Crippen LogP contribution is -2.41. The average molecular weight is 239 g/mol. The smallest absolute Gasteiger partial charge is 0.0110 e. The highest BCUT2D eigenvalue weighted by Crippen LogP contribution is 2.22. The molecule has 1 aliphatic rings. The summed E-state index contributed by atoms with van der Waals surface area (Å²) in [4.78, 5) is 0. The fourth-order valence-electron chi connectivity index (χ4n) is 3.14. The zero-order valence-electron chi connectivity index (χ0n) is 11.0. The number of hydrogen-bond acceptors (Lipinski definition) is 1. The second-order valence-electron chi connectivity index (χ2n) is 5.54. The van der Waals surface area contributed by atoms with E-state index < -0.39 is 0 Å². The molecule has 0 amide bonds. The zero-order chi connectivity index (χ0) is 12.4. The van der Waals surface area contributed by atoms with Crippen LogP contribution < -0.4 is 5.32 Å². The van der Waals surface area contributed by atoms with Crippen molar-refractivity contribution in [2.45, 2.75) is 44.7 Å². The summed E-state index contributed by atoms with van der Waals surface area (Å²) >= 11 is 0. The Balaban J connectivity index is 1.86. The molecule has 18 heavy (non-hydrogen) atoms. The first-order valence-electron chi connectivity index (χ1n) is 7.05. The molecule has 1 fully saturated rings. The van der Waals surface area contributed by atoms with E-state index in [2.05, 4.69) is 54.7 Å². The van der Waals surface area contributed by atoms with E-state index in [0.29, 0.717) is 12.1 Å². The number of piperidine rings is 1. The van der Waals surface area contributed by atoms with Gasteiger partial charge in [-0.2, -0.15) is 0 Å². The molecule has 0 saturated carbocycles. The van der Waals surface area contributed by atoms with Crippen molar-refractivity contribution in [1.82, 2.24) is 5.32 Å². The van der Waals surface area contributed by atoms with Gasteiger partial charge in [0.05, 0.1) is 0 Å². The Bertz CT molecular complexity index is 527. The molecule has 0 bridgehead atoms. The van der Waals surface area contributed by atoms with Gasteiger partial charge >= 0.3 is 0 Å². The van der Waals surface area contributed by atoms with E-state index in [9.17, 15) is 0 Å². The molecule has 1 nitrogen and oxygen atoms in total. The molecule has 0 spiro atoms. The molecule has 1 aliphatic heterocycles. The summed E-state index contributed by atoms with van der Waals surface area (Å²) in [5.41, 5.74) is 1.49. The van der Waals surface area contributed by atoms with E-state index in [-0.39, 0.29) is 0 Å². The van der Waals surface area contributed by atoms with Gasteiger partial charge < -0.3 is 5.32 Å². The minimum Gasteiger partial charge on any atom is -0.311 e. The number of rotatable bonds is 2. The quantitative estimate of drug-likeness (QED) is 0.837. The van der Waals surface area contributed by atoms with E-state index in [4.69, 9.17) is 0 Å². The molecule has 1 saturated heterocycles. The zero-order valence-corrected chi connectivity index (χ0v) is 11.0. The highest BCUT2D eigenvalue weighted by molar-refractivity contribution is 5.85. The van der Waals surface area contributed by atoms with Crippen molar-refractivity contribution in [1.29, 1.82) is 0 Å². The third kappa shape index (κ3) is 2.41. The lowest BCUT2D eigenvalue weighted by atomic mass is 9.92. The topological polar surface area (TPSA) is 12.0 Å². The molecule has 94 valence electrons. The van der Waals surface area contributed by atoms with Crippen molar-refractivity contribution in [3.63, 3.8) is 0 Å². The van der Waals surface area contributed by atoms with Gasteiger partial charge in [-0.15, -0.1) is 0 Å². The van der Waals surface area contributed by atoms with Gasteiger partial charge in [-0.1, -0.05) is 48.9 Å². The Morgan fingerprint density at radius 2 is 1.89 bits per heavy atom. The van der Waals surface area contributed by atoms with Gasteiger partial charge in [-0.05, 0) is 42.5 Å². The van der Waals surface area contributed by atoms with Gasteiger partial charge in [0.1, 0.15) is 0 Å². The first kappa shape index (κ1) is 11.7. The summed E-state index contributed by atoms with van der Waals surface area (Å²) in [6.45, 7) is 2.30. The average Bonchev–Trinajstić information content (AvgIpc) is 2.39. The normalized spacial score (nSPS) is 24.3. The fraction of sp³-hybridized carbons (Fsp3) is 0.412. The van der Waals surface area contributed by atoms with Gasteiger partial charge in [0.25, 0.3) is 0 Å². The SMILES string of the molecule is CC1CCCC(Cc2cccc3ccccc23)N1. The Hall–Kier alpha value is -1.34. The van der Waals surface area contributed by atoms with Crippen LogP contribution in [0.3, 0.4) is 0 Å². The van der Waals surface area contributed by atoms with Crippen LogP contribution in [-0.4, -0.2) is 12.1 Å². The monoisotopic (exact) mass is 239 g/mol. The van der Waals surface area contributed by atoms with E-state index >= 15 is 0 Å². The van der Waals surface area contributed by atoms with Crippen molar-refractivity contribution in [2.75, 3.05) is 0 Å². The van der Waals surface area contributed by atoms with E-state index in [1.165, 1.54) is 35.6 Å². The summed E-state index contributed by atoms with van der Waals surface area (Å²) in [5, 5.41) is 6.51. The fourth-order valence-corrected chi connectivity index (χ4v) is 3.14. The van der Waals surface area contributed by atoms with Crippen molar-refractivity contribution >= 4 is 10.8 Å². The third-order valence-corrected chi connectivity index (χ3v) is 4.06. The highest BCUT2D eigenvalue weighted by Gasteiger charge is 2.18. The third-order valence-electron chi connectivity index (χ3n) is 4.06. The van der Waals surface area contributed by atoms with Crippen molar-refractivity contribution in [3.8, 4) is 0 Å². The molecule has 0 aromatic heterocycles. The number of nitrogens with one attached hydrogen (secondary N) is 1. The predicted octanol–water partition coefficient (Wildman–Crippen LogP) is 3.91. The Morgan fingerprint density at radius 3 is 2.78 bits per heavy atom. The van der Waals surface area contributed by atoms with Crippen LogP contribution in [0.5, 0.6) is 0 Å². The van der Waals surface area contributed by atoms with Crippen LogP contribution in [0.1, 0.15) is 31.7 Å². The lowest BCUT2D eigenvalue weighted by molar-refractivity contribution is 0.334.